The molecule has 1 aliphatic rings. The zero-order valence-electron chi connectivity index (χ0n) is 11.3. The molecule has 1 saturated carbocycles. The van der Waals surface area contributed by atoms with E-state index in [4.69, 9.17) is 5.41 Å². The van der Waals surface area contributed by atoms with E-state index in [9.17, 15) is 19.7 Å². The van der Waals surface area contributed by atoms with Crippen LogP contribution < -0.4 is 16.1 Å². The van der Waals surface area contributed by atoms with Gasteiger partial charge in [0, 0.05) is 12.0 Å². The zero-order valence-corrected chi connectivity index (χ0v) is 11.3. The van der Waals surface area contributed by atoms with Gasteiger partial charge < -0.3 is 15.4 Å². The number of hydrazine groups is 1. The fourth-order valence-corrected chi connectivity index (χ4v) is 1.60. The van der Waals surface area contributed by atoms with E-state index < -0.39 is 17.0 Å². The molecule has 0 aromatic carbocycles. The molecule has 1 aliphatic carbocycles. The molecule has 1 fully saturated rings. The van der Waals surface area contributed by atoms with Gasteiger partial charge in [0.15, 0.2) is 5.03 Å². The molecule has 0 spiro atoms. The predicted octanol–water partition coefficient (Wildman–Crippen LogP) is -0.444. The fraction of sp³-hybridized carbons (Fsp3) is 0.727. The first kappa shape index (κ1) is 15.9. The molecule has 4 N–H and O–H groups in total. The van der Waals surface area contributed by atoms with Crippen molar-refractivity contribution in [3.63, 3.8) is 0 Å². The second kappa shape index (κ2) is 6.83. The molecule has 0 bridgehead atoms. The Bertz CT molecular complexity index is 408. The van der Waals surface area contributed by atoms with E-state index >= 15 is 0 Å². The van der Waals surface area contributed by atoms with Gasteiger partial charge in [0.25, 0.3) is 5.96 Å². The molecule has 0 heterocycles. The summed E-state index contributed by atoms with van der Waals surface area (Å²) in [6.45, 7) is 2.16. The highest BCUT2D eigenvalue weighted by Gasteiger charge is 2.45. The van der Waals surface area contributed by atoms with Gasteiger partial charge in [0.05, 0.1) is 6.04 Å². The van der Waals surface area contributed by atoms with Crippen LogP contribution in [-0.4, -0.2) is 35.8 Å². The molecule has 1 rings (SSSR count). The molecular weight excluding hydrogens is 266 g/mol. The molecule has 112 valence electrons. The Morgan fingerprint density at radius 1 is 1.55 bits per heavy atom. The summed E-state index contributed by atoms with van der Waals surface area (Å²) in [6, 6.07) is -0.556. The van der Waals surface area contributed by atoms with Gasteiger partial charge in [-0.05, 0) is 25.7 Å². The van der Waals surface area contributed by atoms with E-state index in [2.05, 4.69) is 10.6 Å². The lowest BCUT2D eigenvalue weighted by molar-refractivity contribution is -0.525. The third-order valence-electron chi connectivity index (χ3n) is 3.23. The molecule has 20 heavy (non-hydrogen) atoms. The summed E-state index contributed by atoms with van der Waals surface area (Å²) >= 11 is 0. The summed E-state index contributed by atoms with van der Waals surface area (Å²) < 4.78 is 0. The van der Waals surface area contributed by atoms with Crippen molar-refractivity contribution in [1.29, 1.82) is 5.41 Å². The Balaban J connectivity index is 2.18. The van der Waals surface area contributed by atoms with Crippen LogP contribution in [0.2, 0.25) is 0 Å². The van der Waals surface area contributed by atoms with E-state index in [0.29, 0.717) is 25.7 Å². The monoisotopic (exact) mass is 285 g/mol. The molecule has 0 radical (unpaired) electrons. The summed E-state index contributed by atoms with van der Waals surface area (Å²) in [7, 11) is 0. The van der Waals surface area contributed by atoms with Gasteiger partial charge in [-0.15, -0.1) is 0 Å². The lowest BCUT2D eigenvalue weighted by atomic mass is 10.1. The maximum Gasteiger partial charge on any atom is 0.251 e. The van der Waals surface area contributed by atoms with Crippen molar-refractivity contribution in [2.24, 2.45) is 5.41 Å². The number of amides is 1. The molecule has 1 amide bonds. The first-order valence-corrected chi connectivity index (χ1v) is 6.37. The van der Waals surface area contributed by atoms with Gasteiger partial charge in [-0.2, -0.15) is 0 Å². The number of carbonyl (C=O) groups is 2. The molecular formula is C11H19N5O4. The van der Waals surface area contributed by atoms with Gasteiger partial charge in [0.2, 0.25) is 5.91 Å². The molecule has 0 aromatic heterocycles. The minimum atomic E-state index is -0.833. The second-order valence-electron chi connectivity index (χ2n) is 5.09. The Labute approximate surface area is 116 Å². The third kappa shape index (κ3) is 5.21. The first-order valence-electron chi connectivity index (χ1n) is 6.37. The van der Waals surface area contributed by atoms with E-state index in [1.165, 1.54) is 0 Å². The van der Waals surface area contributed by atoms with Crippen molar-refractivity contribution in [3.05, 3.63) is 10.1 Å². The van der Waals surface area contributed by atoms with Crippen LogP contribution in [0.15, 0.2) is 0 Å². The summed E-state index contributed by atoms with van der Waals surface area (Å²) in [5.74, 6) is -0.516. The molecule has 9 nitrogen and oxygen atoms in total. The van der Waals surface area contributed by atoms with Gasteiger partial charge in [-0.3, -0.25) is 10.2 Å². The molecule has 0 aromatic rings. The molecule has 0 aliphatic heterocycles. The van der Waals surface area contributed by atoms with Crippen molar-refractivity contribution in [2.75, 3.05) is 6.54 Å². The highest BCUT2D eigenvalue weighted by atomic mass is 16.7. The first-order chi connectivity index (χ1) is 9.37. The van der Waals surface area contributed by atoms with E-state index in [1.807, 2.05) is 6.92 Å². The van der Waals surface area contributed by atoms with Crippen LogP contribution in [0.3, 0.4) is 0 Å². The minimum Gasteiger partial charge on any atom is -0.352 e. The van der Waals surface area contributed by atoms with Crippen molar-refractivity contribution in [3.8, 4) is 0 Å². The topological polar surface area (TPSA) is 137 Å². The van der Waals surface area contributed by atoms with E-state index in [1.54, 1.807) is 5.43 Å². The number of guanidine groups is 1. The fourth-order valence-electron chi connectivity index (χ4n) is 1.60. The van der Waals surface area contributed by atoms with Crippen LogP contribution in [-0.2, 0) is 9.59 Å². The quantitative estimate of drug-likeness (QED) is 0.119. The SMILES string of the molecule is CC1(C(=O)NC(C=O)CCCNC(=N)N[N+](=O)[O-])CC1. The standard InChI is InChI=1S/C11H19N5O4/c1-11(4-5-11)9(18)14-8(7-17)3-2-6-13-10(12)15-16(19)20/h7-8H,2-6H2,1H3,(H,14,18)(H3,12,13,15). The molecule has 1 unspecified atom stereocenters. The number of carbonyl (C=O) groups excluding carboxylic acids is 2. The van der Waals surface area contributed by atoms with Crippen molar-refractivity contribution >= 4 is 18.2 Å². The lowest BCUT2D eigenvalue weighted by Crippen LogP contribution is -2.42. The van der Waals surface area contributed by atoms with E-state index in [-0.39, 0.29) is 11.3 Å². The number of aldehydes is 1. The van der Waals surface area contributed by atoms with Crippen LogP contribution in [0.4, 0.5) is 0 Å². The highest BCUT2D eigenvalue weighted by molar-refractivity contribution is 5.87. The summed E-state index contributed by atoms with van der Waals surface area (Å²) in [5.41, 5.74) is 1.34. The Morgan fingerprint density at radius 3 is 2.70 bits per heavy atom. The number of hydrogen-bond donors (Lipinski definition) is 4. The van der Waals surface area contributed by atoms with Crippen molar-refractivity contribution < 1.29 is 14.6 Å². The average molecular weight is 285 g/mol. The average Bonchev–Trinajstić information content (AvgIpc) is 3.11. The van der Waals surface area contributed by atoms with Crippen molar-refractivity contribution in [2.45, 2.75) is 38.6 Å². The third-order valence-corrected chi connectivity index (χ3v) is 3.23. The van der Waals surface area contributed by atoms with Crippen LogP contribution >= 0.6 is 0 Å². The minimum absolute atomic E-state index is 0.106. The Morgan fingerprint density at radius 2 is 2.20 bits per heavy atom. The number of nitro groups is 1. The van der Waals surface area contributed by atoms with E-state index in [0.717, 1.165) is 12.8 Å². The van der Waals surface area contributed by atoms with Crippen LogP contribution in [0, 0.1) is 20.9 Å². The zero-order chi connectivity index (χ0) is 15.2. The van der Waals surface area contributed by atoms with Gasteiger partial charge in [-0.25, -0.2) is 10.1 Å². The number of hydrogen-bond acceptors (Lipinski definition) is 5. The second-order valence-corrected chi connectivity index (χ2v) is 5.09. The van der Waals surface area contributed by atoms with Crippen LogP contribution in [0.1, 0.15) is 32.6 Å². The lowest BCUT2D eigenvalue weighted by Gasteiger charge is -2.16. The summed E-state index contributed by atoms with van der Waals surface area (Å²) in [5, 5.41) is 21.5. The van der Waals surface area contributed by atoms with Crippen LogP contribution in [0.25, 0.3) is 0 Å². The number of rotatable bonds is 8. The molecule has 9 heteroatoms. The summed E-state index contributed by atoms with van der Waals surface area (Å²) in [6.07, 6.45) is 3.29. The van der Waals surface area contributed by atoms with Gasteiger partial charge in [0.1, 0.15) is 6.29 Å². The number of nitrogens with zero attached hydrogens (tertiary/aromatic N) is 1. The predicted molar refractivity (Wildman–Crippen MR) is 70.4 cm³/mol. The van der Waals surface area contributed by atoms with Gasteiger partial charge in [-0.1, -0.05) is 12.3 Å². The Hall–Kier alpha value is -2.19. The molecule has 1 atom stereocenters. The normalized spacial score (nSPS) is 16.6. The highest BCUT2D eigenvalue weighted by Crippen LogP contribution is 2.45. The smallest absolute Gasteiger partial charge is 0.251 e. The van der Waals surface area contributed by atoms with Crippen LogP contribution in [0.5, 0.6) is 0 Å². The maximum absolute atomic E-state index is 11.8. The Kier molecular flexibility index (Phi) is 5.42. The largest absolute Gasteiger partial charge is 0.352 e. The van der Waals surface area contributed by atoms with Crippen molar-refractivity contribution in [1.82, 2.24) is 16.1 Å². The molecule has 0 saturated heterocycles. The maximum atomic E-state index is 11.8. The summed E-state index contributed by atoms with van der Waals surface area (Å²) in [4.78, 5) is 32.7. The van der Waals surface area contributed by atoms with Gasteiger partial charge >= 0.3 is 0 Å². The number of nitrogens with one attached hydrogen (secondary N) is 4.